The summed E-state index contributed by atoms with van der Waals surface area (Å²) in [6.07, 6.45) is 2.52. The van der Waals surface area contributed by atoms with Crippen LogP contribution in [0.5, 0.6) is 0 Å². The molecule has 1 unspecified atom stereocenters. The molecule has 0 N–H and O–H groups in total. The largest absolute Gasteiger partial charge is 0.340 e. The maximum Gasteiger partial charge on any atom is 0.254 e. The van der Waals surface area contributed by atoms with Crippen LogP contribution >= 0.6 is 0 Å². The number of rotatable bonds is 7. The van der Waals surface area contributed by atoms with E-state index in [0.717, 1.165) is 45.6 Å². The van der Waals surface area contributed by atoms with Crippen LogP contribution in [0.15, 0.2) is 34.9 Å². The number of hydrogen-bond acceptors (Lipinski definition) is 6. The lowest BCUT2D eigenvalue weighted by Gasteiger charge is -2.35. The van der Waals surface area contributed by atoms with Crippen LogP contribution in [0.25, 0.3) is 0 Å². The maximum absolute atomic E-state index is 12.9. The van der Waals surface area contributed by atoms with Gasteiger partial charge in [-0.25, -0.2) is 0 Å². The minimum atomic E-state index is -0.176. The molecule has 172 valence electrons. The number of amides is 2. The van der Waals surface area contributed by atoms with Crippen molar-refractivity contribution in [3.05, 3.63) is 47.6 Å². The van der Waals surface area contributed by atoms with E-state index in [1.165, 1.54) is 0 Å². The number of nitrogens with zero attached hydrogens (tertiary/aromatic N) is 5. The highest BCUT2D eigenvalue weighted by atomic mass is 16.5. The SMILES string of the molecule is CC(C)CN1CCN(C(=O)CCc2nc(C3CCCN3C(=O)c3ccccc3)no2)CC1. The Bertz CT molecular complexity index is 905. The molecule has 32 heavy (non-hydrogen) atoms. The van der Waals surface area contributed by atoms with Gasteiger partial charge < -0.3 is 14.3 Å². The van der Waals surface area contributed by atoms with Gasteiger partial charge >= 0.3 is 0 Å². The van der Waals surface area contributed by atoms with E-state index < -0.39 is 0 Å². The van der Waals surface area contributed by atoms with Gasteiger partial charge in [0, 0.05) is 57.7 Å². The van der Waals surface area contributed by atoms with Crippen LogP contribution in [0.3, 0.4) is 0 Å². The van der Waals surface area contributed by atoms with Crippen LogP contribution < -0.4 is 0 Å². The molecule has 0 bridgehead atoms. The molecule has 0 spiro atoms. The van der Waals surface area contributed by atoms with Crippen molar-refractivity contribution in [2.24, 2.45) is 5.92 Å². The summed E-state index contributed by atoms with van der Waals surface area (Å²) >= 11 is 0. The second-order valence-electron chi connectivity index (χ2n) is 9.14. The fourth-order valence-corrected chi connectivity index (χ4v) is 4.60. The molecular formula is C24H33N5O3. The summed E-state index contributed by atoms with van der Waals surface area (Å²) in [5.74, 6) is 1.77. The lowest BCUT2D eigenvalue weighted by Crippen LogP contribution is -2.49. The Hall–Kier alpha value is -2.74. The fraction of sp³-hybridized carbons (Fsp3) is 0.583. The zero-order chi connectivity index (χ0) is 22.5. The third kappa shape index (κ3) is 5.35. The molecular weight excluding hydrogens is 406 g/mol. The van der Waals surface area contributed by atoms with Gasteiger partial charge in [0.15, 0.2) is 5.82 Å². The topological polar surface area (TPSA) is 82.8 Å². The van der Waals surface area contributed by atoms with Gasteiger partial charge in [-0.2, -0.15) is 4.98 Å². The summed E-state index contributed by atoms with van der Waals surface area (Å²) in [5.41, 5.74) is 0.669. The minimum Gasteiger partial charge on any atom is -0.340 e. The highest BCUT2D eigenvalue weighted by Crippen LogP contribution is 2.31. The molecule has 1 atom stereocenters. The molecule has 2 fully saturated rings. The van der Waals surface area contributed by atoms with Gasteiger partial charge in [-0.05, 0) is 30.9 Å². The van der Waals surface area contributed by atoms with E-state index in [1.807, 2.05) is 40.1 Å². The first-order chi connectivity index (χ1) is 15.5. The van der Waals surface area contributed by atoms with Crippen LogP contribution in [-0.2, 0) is 11.2 Å². The molecule has 2 saturated heterocycles. The first kappa shape index (κ1) is 22.5. The van der Waals surface area contributed by atoms with Gasteiger partial charge in [-0.1, -0.05) is 37.2 Å². The van der Waals surface area contributed by atoms with Gasteiger partial charge in [0.2, 0.25) is 11.8 Å². The van der Waals surface area contributed by atoms with E-state index in [0.29, 0.717) is 42.6 Å². The molecule has 1 aromatic heterocycles. The van der Waals surface area contributed by atoms with Crippen molar-refractivity contribution in [1.82, 2.24) is 24.8 Å². The average Bonchev–Trinajstić information content (AvgIpc) is 3.47. The van der Waals surface area contributed by atoms with Crippen molar-refractivity contribution in [2.45, 2.75) is 45.6 Å². The summed E-state index contributed by atoms with van der Waals surface area (Å²) < 4.78 is 5.43. The summed E-state index contributed by atoms with van der Waals surface area (Å²) in [5, 5.41) is 4.14. The lowest BCUT2D eigenvalue weighted by atomic mass is 10.1. The molecule has 4 rings (SSSR count). The second-order valence-corrected chi connectivity index (χ2v) is 9.14. The molecule has 0 radical (unpaired) electrons. The van der Waals surface area contributed by atoms with Crippen molar-refractivity contribution in [3.8, 4) is 0 Å². The number of piperazine rings is 1. The molecule has 2 aliphatic heterocycles. The van der Waals surface area contributed by atoms with Crippen LogP contribution in [0.2, 0.25) is 0 Å². The highest BCUT2D eigenvalue weighted by Gasteiger charge is 2.34. The van der Waals surface area contributed by atoms with E-state index in [1.54, 1.807) is 0 Å². The van der Waals surface area contributed by atoms with Crippen LogP contribution in [0.1, 0.15) is 61.2 Å². The van der Waals surface area contributed by atoms with Gasteiger partial charge in [-0.15, -0.1) is 0 Å². The monoisotopic (exact) mass is 439 g/mol. The fourth-order valence-electron chi connectivity index (χ4n) is 4.60. The van der Waals surface area contributed by atoms with E-state index in [-0.39, 0.29) is 17.9 Å². The zero-order valence-electron chi connectivity index (χ0n) is 19.1. The molecule has 8 heteroatoms. The predicted octanol–water partition coefficient (Wildman–Crippen LogP) is 2.78. The molecule has 2 aromatic rings. The highest BCUT2D eigenvalue weighted by molar-refractivity contribution is 5.94. The molecule has 8 nitrogen and oxygen atoms in total. The van der Waals surface area contributed by atoms with Crippen molar-refractivity contribution < 1.29 is 14.1 Å². The van der Waals surface area contributed by atoms with E-state index in [2.05, 4.69) is 28.9 Å². The molecule has 1 aromatic carbocycles. The Kier molecular flexibility index (Phi) is 7.19. The number of carbonyl (C=O) groups excluding carboxylic acids is 2. The van der Waals surface area contributed by atoms with Crippen LogP contribution in [0.4, 0.5) is 0 Å². The summed E-state index contributed by atoms with van der Waals surface area (Å²) in [7, 11) is 0. The van der Waals surface area contributed by atoms with E-state index >= 15 is 0 Å². The number of aromatic nitrogens is 2. The molecule has 0 aliphatic carbocycles. The zero-order valence-corrected chi connectivity index (χ0v) is 19.1. The second kappa shape index (κ2) is 10.3. The summed E-state index contributed by atoms with van der Waals surface area (Å²) in [6, 6.07) is 9.11. The normalized spacial score (nSPS) is 19.7. The lowest BCUT2D eigenvalue weighted by molar-refractivity contribution is -0.133. The minimum absolute atomic E-state index is 0.00811. The quantitative estimate of drug-likeness (QED) is 0.660. The van der Waals surface area contributed by atoms with Crippen molar-refractivity contribution in [2.75, 3.05) is 39.3 Å². The molecule has 2 aliphatic rings. The van der Waals surface area contributed by atoms with Gasteiger partial charge in [0.25, 0.3) is 5.91 Å². The van der Waals surface area contributed by atoms with Gasteiger partial charge in [-0.3, -0.25) is 14.5 Å². The first-order valence-electron chi connectivity index (χ1n) is 11.7. The summed E-state index contributed by atoms with van der Waals surface area (Å²) in [4.78, 5) is 36.2. The smallest absolute Gasteiger partial charge is 0.254 e. The van der Waals surface area contributed by atoms with Crippen LogP contribution in [-0.4, -0.2) is 75.9 Å². The Labute approximate surface area is 189 Å². The first-order valence-corrected chi connectivity index (χ1v) is 11.7. The number of benzene rings is 1. The Morgan fingerprint density at radius 3 is 2.56 bits per heavy atom. The van der Waals surface area contributed by atoms with Gasteiger partial charge in [0.05, 0.1) is 6.04 Å². The average molecular weight is 440 g/mol. The van der Waals surface area contributed by atoms with Crippen molar-refractivity contribution in [1.29, 1.82) is 0 Å². The molecule has 3 heterocycles. The van der Waals surface area contributed by atoms with Crippen molar-refractivity contribution in [3.63, 3.8) is 0 Å². The Balaban J connectivity index is 1.29. The third-order valence-electron chi connectivity index (χ3n) is 6.22. The Morgan fingerprint density at radius 2 is 1.84 bits per heavy atom. The van der Waals surface area contributed by atoms with E-state index in [4.69, 9.17) is 4.52 Å². The Morgan fingerprint density at radius 1 is 1.09 bits per heavy atom. The van der Waals surface area contributed by atoms with Gasteiger partial charge in [0.1, 0.15) is 0 Å². The third-order valence-corrected chi connectivity index (χ3v) is 6.22. The molecule has 2 amide bonds. The summed E-state index contributed by atoms with van der Waals surface area (Å²) in [6.45, 7) is 9.63. The maximum atomic E-state index is 12.9. The number of aryl methyl sites for hydroxylation is 1. The van der Waals surface area contributed by atoms with Crippen molar-refractivity contribution >= 4 is 11.8 Å². The predicted molar refractivity (Wildman–Crippen MR) is 120 cm³/mol. The van der Waals surface area contributed by atoms with E-state index in [9.17, 15) is 9.59 Å². The number of hydrogen-bond donors (Lipinski definition) is 0. The van der Waals surface area contributed by atoms with Crippen LogP contribution in [0, 0.1) is 5.92 Å². The number of carbonyl (C=O) groups is 2. The standard InChI is InChI=1S/C24H33N5O3/c1-18(2)17-27-13-15-28(16-14-27)22(30)11-10-21-25-23(26-32-21)20-9-6-12-29(20)24(31)19-7-4-3-5-8-19/h3-5,7-8,18,20H,6,9-17H2,1-2H3. The molecule has 0 saturated carbocycles. The number of likely N-dealkylation sites (tertiary alicyclic amines) is 1.